The number of carbonyl (C=O) groups is 2. The van der Waals surface area contributed by atoms with E-state index >= 15 is 0 Å². The van der Waals surface area contributed by atoms with Gasteiger partial charge in [-0.1, -0.05) is 18.2 Å². The van der Waals surface area contributed by atoms with Gasteiger partial charge in [-0.05, 0) is 49.1 Å². The van der Waals surface area contributed by atoms with Gasteiger partial charge < -0.3 is 15.4 Å². The summed E-state index contributed by atoms with van der Waals surface area (Å²) in [5.74, 6) is 1.03. The van der Waals surface area contributed by atoms with E-state index in [9.17, 15) is 9.59 Å². The highest BCUT2D eigenvalue weighted by Gasteiger charge is 2.23. The number of aromatic nitrogens is 1. The van der Waals surface area contributed by atoms with Crippen LogP contribution in [0.25, 0.3) is 0 Å². The number of hydrogen-bond acceptors (Lipinski definition) is 5. The smallest absolute Gasteiger partial charge is 0.255 e. The molecule has 0 saturated heterocycles. The van der Waals surface area contributed by atoms with Gasteiger partial charge in [0.15, 0.2) is 0 Å². The summed E-state index contributed by atoms with van der Waals surface area (Å²) in [4.78, 5) is 29.4. The third-order valence-corrected chi connectivity index (χ3v) is 4.39. The second-order valence-corrected chi connectivity index (χ2v) is 6.70. The number of pyridine rings is 1. The van der Waals surface area contributed by atoms with Gasteiger partial charge in [-0.2, -0.15) is 11.8 Å². The molecule has 1 aromatic carbocycles. The molecule has 7 heteroatoms. The number of thioether (sulfide) groups is 1. The standard InChI is InChI=1S/C19H23N3O3S/c1-13-8-9-17(20-12-13)22-19(24)15(10-11-26-3)21-18(23)14-6-4-5-7-16(14)25-2/h4-9,12,15H,10-11H2,1-3H3,(H,21,23)(H,20,22,24). The van der Waals surface area contributed by atoms with Crippen LogP contribution < -0.4 is 15.4 Å². The zero-order valence-electron chi connectivity index (χ0n) is 15.1. The predicted molar refractivity (Wildman–Crippen MR) is 105 cm³/mol. The van der Waals surface area contributed by atoms with Crippen LogP contribution in [0.2, 0.25) is 0 Å². The second-order valence-electron chi connectivity index (χ2n) is 5.72. The van der Waals surface area contributed by atoms with Gasteiger partial charge in [0, 0.05) is 6.20 Å². The quantitative estimate of drug-likeness (QED) is 0.744. The van der Waals surface area contributed by atoms with Crippen molar-refractivity contribution in [2.24, 2.45) is 0 Å². The van der Waals surface area contributed by atoms with Crippen LogP contribution in [0.15, 0.2) is 42.6 Å². The molecule has 2 amide bonds. The van der Waals surface area contributed by atoms with Crippen LogP contribution in [0.1, 0.15) is 22.3 Å². The zero-order chi connectivity index (χ0) is 18.9. The summed E-state index contributed by atoms with van der Waals surface area (Å²) in [5.41, 5.74) is 1.40. The lowest BCUT2D eigenvalue weighted by atomic mass is 10.1. The van der Waals surface area contributed by atoms with E-state index in [2.05, 4.69) is 15.6 Å². The molecular weight excluding hydrogens is 350 g/mol. The average molecular weight is 373 g/mol. The Kier molecular flexibility index (Phi) is 7.47. The van der Waals surface area contributed by atoms with Crippen LogP contribution in [0.4, 0.5) is 5.82 Å². The second kappa shape index (κ2) is 9.82. The molecule has 0 radical (unpaired) electrons. The minimum atomic E-state index is -0.664. The molecule has 0 fully saturated rings. The molecule has 6 nitrogen and oxygen atoms in total. The highest BCUT2D eigenvalue weighted by molar-refractivity contribution is 7.98. The van der Waals surface area contributed by atoms with E-state index < -0.39 is 6.04 Å². The Morgan fingerprint density at radius 1 is 1.23 bits per heavy atom. The lowest BCUT2D eigenvalue weighted by Crippen LogP contribution is -2.44. The first kappa shape index (κ1) is 19.8. The number of hydrogen-bond donors (Lipinski definition) is 2. The van der Waals surface area contributed by atoms with Gasteiger partial charge >= 0.3 is 0 Å². The maximum atomic E-state index is 12.6. The first-order valence-electron chi connectivity index (χ1n) is 8.21. The van der Waals surface area contributed by atoms with Crippen LogP contribution in [0.3, 0.4) is 0 Å². The summed E-state index contributed by atoms with van der Waals surface area (Å²) in [6.07, 6.45) is 4.15. The fraction of sp³-hybridized carbons (Fsp3) is 0.316. The summed E-state index contributed by atoms with van der Waals surface area (Å²) in [6, 6.07) is 9.86. The van der Waals surface area contributed by atoms with E-state index in [4.69, 9.17) is 4.74 Å². The molecule has 1 heterocycles. The molecule has 2 rings (SSSR count). The van der Waals surface area contributed by atoms with E-state index in [-0.39, 0.29) is 11.8 Å². The van der Waals surface area contributed by atoms with Gasteiger partial charge in [-0.3, -0.25) is 9.59 Å². The van der Waals surface area contributed by atoms with Crippen molar-refractivity contribution >= 4 is 29.4 Å². The monoisotopic (exact) mass is 373 g/mol. The number of nitrogens with zero attached hydrogens (tertiary/aromatic N) is 1. The summed E-state index contributed by atoms with van der Waals surface area (Å²) in [6.45, 7) is 1.92. The van der Waals surface area contributed by atoms with Gasteiger partial charge in [0.2, 0.25) is 5.91 Å². The van der Waals surface area contributed by atoms with Crippen LogP contribution in [-0.2, 0) is 4.79 Å². The largest absolute Gasteiger partial charge is 0.496 e. The highest BCUT2D eigenvalue weighted by atomic mass is 32.2. The molecule has 0 aliphatic heterocycles. The van der Waals surface area contributed by atoms with E-state index in [1.54, 1.807) is 48.3 Å². The molecule has 26 heavy (non-hydrogen) atoms. The first-order valence-corrected chi connectivity index (χ1v) is 9.61. The molecule has 2 N–H and O–H groups in total. The third-order valence-electron chi connectivity index (χ3n) is 3.75. The van der Waals surface area contributed by atoms with Gasteiger partial charge in [0.05, 0.1) is 12.7 Å². The van der Waals surface area contributed by atoms with E-state index in [0.29, 0.717) is 23.6 Å². The molecule has 2 aromatic rings. The van der Waals surface area contributed by atoms with Crippen molar-refractivity contribution in [3.8, 4) is 5.75 Å². The van der Waals surface area contributed by atoms with Gasteiger partial charge in [-0.15, -0.1) is 0 Å². The van der Waals surface area contributed by atoms with Crippen molar-refractivity contribution in [3.63, 3.8) is 0 Å². The first-order chi connectivity index (χ1) is 12.5. The van der Waals surface area contributed by atoms with Crippen molar-refractivity contribution in [2.45, 2.75) is 19.4 Å². The molecule has 138 valence electrons. The normalized spacial score (nSPS) is 11.5. The predicted octanol–water partition coefficient (Wildman–Crippen LogP) is 2.89. The van der Waals surface area contributed by atoms with Gasteiger partial charge in [0.1, 0.15) is 17.6 Å². The fourth-order valence-corrected chi connectivity index (χ4v) is 2.80. The number of nitrogens with one attached hydrogen (secondary N) is 2. The fourth-order valence-electron chi connectivity index (χ4n) is 2.33. The molecule has 0 bridgehead atoms. The number of carbonyl (C=O) groups excluding carboxylic acids is 2. The minimum absolute atomic E-state index is 0.293. The summed E-state index contributed by atoms with van der Waals surface area (Å²) >= 11 is 1.61. The van der Waals surface area contributed by atoms with Crippen LogP contribution in [-0.4, -0.2) is 42.0 Å². The molecule has 1 atom stereocenters. The van der Waals surface area contributed by atoms with Gasteiger partial charge in [-0.25, -0.2) is 4.98 Å². The maximum absolute atomic E-state index is 12.6. The summed E-state index contributed by atoms with van der Waals surface area (Å²) in [5, 5.41) is 5.56. The number of aryl methyl sites for hydroxylation is 1. The van der Waals surface area contributed by atoms with Crippen LogP contribution >= 0.6 is 11.8 Å². The van der Waals surface area contributed by atoms with Crippen LogP contribution in [0, 0.1) is 6.92 Å². The Morgan fingerprint density at radius 2 is 2.00 bits per heavy atom. The molecule has 0 saturated carbocycles. The third kappa shape index (κ3) is 5.49. The molecule has 0 aliphatic carbocycles. The Bertz CT molecular complexity index is 750. The van der Waals surface area contributed by atoms with Crippen molar-refractivity contribution < 1.29 is 14.3 Å². The number of benzene rings is 1. The lowest BCUT2D eigenvalue weighted by molar-refractivity contribution is -0.118. The number of para-hydroxylation sites is 1. The number of methoxy groups -OCH3 is 1. The molecule has 0 spiro atoms. The number of rotatable bonds is 8. The Morgan fingerprint density at radius 3 is 2.65 bits per heavy atom. The molecule has 1 aromatic heterocycles. The van der Waals surface area contributed by atoms with Crippen LogP contribution in [0.5, 0.6) is 5.75 Å². The molecule has 1 unspecified atom stereocenters. The van der Waals surface area contributed by atoms with Crippen molar-refractivity contribution in [3.05, 3.63) is 53.7 Å². The van der Waals surface area contributed by atoms with Crippen molar-refractivity contribution in [1.82, 2.24) is 10.3 Å². The number of amides is 2. The summed E-state index contributed by atoms with van der Waals surface area (Å²) in [7, 11) is 1.51. The Labute approximate surface area is 157 Å². The highest BCUT2D eigenvalue weighted by Crippen LogP contribution is 2.17. The molecule has 0 aliphatic rings. The van der Waals surface area contributed by atoms with E-state index in [1.165, 1.54) is 7.11 Å². The number of ether oxygens (including phenoxy) is 1. The topological polar surface area (TPSA) is 80.3 Å². The Hall–Kier alpha value is -2.54. The average Bonchev–Trinajstić information content (AvgIpc) is 2.66. The van der Waals surface area contributed by atoms with E-state index in [0.717, 1.165) is 11.3 Å². The molecular formula is C19H23N3O3S. The van der Waals surface area contributed by atoms with E-state index in [1.807, 2.05) is 19.2 Å². The van der Waals surface area contributed by atoms with Crippen molar-refractivity contribution in [1.29, 1.82) is 0 Å². The van der Waals surface area contributed by atoms with Crippen molar-refractivity contribution in [2.75, 3.05) is 24.4 Å². The maximum Gasteiger partial charge on any atom is 0.255 e. The zero-order valence-corrected chi connectivity index (χ0v) is 15.9. The minimum Gasteiger partial charge on any atom is -0.496 e. The SMILES string of the molecule is COc1ccccc1C(=O)NC(CCSC)C(=O)Nc1ccc(C)cn1. The summed E-state index contributed by atoms with van der Waals surface area (Å²) < 4.78 is 5.22. The Balaban J connectivity index is 2.11. The lowest BCUT2D eigenvalue weighted by Gasteiger charge is -2.18. The number of anilines is 1. The van der Waals surface area contributed by atoms with Gasteiger partial charge in [0.25, 0.3) is 5.91 Å².